The molecule has 96 valence electrons. The van der Waals surface area contributed by atoms with Crippen LogP contribution in [0.25, 0.3) is 5.78 Å². The molecule has 6 nitrogen and oxygen atoms in total. The highest BCUT2D eigenvalue weighted by Crippen LogP contribution is 2.10. The summed E-state index contributed by atoms with van der Waals surface area (Å²) in [6.07, 6.45) is 6.62. The van der Waals surface area contributed by atoms with E-state index in [-0.39, 0.29) is 5.91 Å². The third-order valence-corrected chi connectivity index (χ3v) is 2.92. The lowest BCUT2D eigenvalue weighted by Crippen LogP contribution is -2.22. The number of rotatable bonds is 3. The largest absolute Gasteiger partial charge is 0.467 e. The minimum Gasteiger partial charge on any atom is -0.467 e. The summed E-state index contributed by atoms with van der Waals surface area (Å²) < 4.78 is 7.64. The minimum atomic E-state index is -0.266. The number of carbonyl (C=O) groups is 1. The SMILES string of the molecule is O=C(NCc1ccco1)c1cn2cc(Br)cnc2n1. The number of nitrogens with zero attached hydrogens (tertiary/aromatic N) is 3. The van der Waals surface area contributed by atoms with Gasteiger partial charge in [0.05, 0.1) is 17.3 Å². The molecule has 0 aromatic carbocycles. The summed E-state index contributed by atoms with van der Waals surface area (Å²) in [5.41, 5.74) is 0.317. The third kappa shape index (κ3) is 2.50. The molecule has 0 fully saturated rings. The van der Waals surface area contributed by atoms with Gasteiger partial charge >= 0.3 is 0 Å². The molecule has 3 aromatic rings. The van der Waals surface area contributed by atoms with Gasteiger partial charge in [0.1, 0.15) is 11.5 Å². The van der Waals surface area contributed by atoms with Crippen LogP contribution in [0.3, 0.4) is 0 Å². The Balaban J connectivity index is 1.77. The fourth-order valence-electron chi connectivity index (χ4n) is 1.64. The summed E-state index contributed by atoms with van der Waals surface area (Å²) in [7, 11) is 0. The zero-order valence-corrected chi connectivity index (χ0v) is 11.3. The van der Waals surface area contributed by atoms with Crippen LogP contribution in [0.1, 0.15) is 16.2 Å². The lowest BCUT2D eigenvalue weighted by atomic mass is 10.4. The van der Waals surface area contributed by atoms with Crippen molar-refractivity contribution in [2.75, 3.05) is 0 Å². The fourth-order valence-corrected chi connectivity index (χ4v) is 1.96. The van der Waals surface area contributed by atoms with Gasteiger partial charge in [-0.1, -0.05) is 0 Å². The average molecular weight is 321 g/mol. The van der Waals surface area contributed by atoms with E-state index in [9.17, 15) is 4.79 Å². The summed E-state index contributed by atoms with van der Waals surface area (Å²) in [4.78, 5) is 20.2. The van der Waals surface area contributed by atoms with Gasteiger partial charge in [-0.3, -0.25) is 9.20 Å². The van der Waals surface area contributed by atoms with Crippen molar-refractivity contribution < 1.29 is 9.21 Å². The Hall–Kier alpha value is -2.15. The van der Waals surface area contributed by atoms with Crippen LogP contribution in [0.15, 0.2) is 45.9 Å². The fraction of sp³-hybridized carbons (Fsp3) is 0.0833. The van der Waals surface area contributed by atoms with Gasteiger partial charge in [-0.25, -0.2) is 9.97 Å². The molecule has 1 N–H and O–H groups in total. The second-order valence-corrected chi connectivity index (χ2v) is 4.78. The van der Waals surface area contributed by atoms with Crippen molar-refractivity contribution in [3.63, 3.8) is 0 Å². The molecule has 0 saturated carbocycles. The van der Waals surface area contributed by atoms with Gasteiger partial charge in [0.2, 0.25) is 5.78 Å². The molecule has 3 aromatic heterocycles. The van der Waals surface area contributed by atoms with Crippen LogP contribution in [0, 0.1) is 0 Å². The zero-order chi connectivity index (χ0) is 13.2. The first kappa shape index (κ1) is 11.9. The van der Waals surface area contributed by atoms with E-state index in [1.165, 1.54) is 0 Å². The predicted octanol–water partition coefficient (Wildman–Crippen LogP) is 2.01. The normalized spacial score (nSPS) is 10.8. The quantitative estimate of drug-likeness (QED) is 0.801. The molecular weight excluding hydrogens is 312 g/mol. The topological polar surface area (TPSA) is 72.4 Å². The Morgan fingerprint density at radius 1 is 1.47 bits per heavy atom. The standard InChI is InChI=1S/C12H9BrN4O2/c13-8-4-15-12-16-10(7-17(12)6-8)11(18)14-5-9-2-1-3-19-9/h1-4,6-7H,5H2,(H,14,18). The maximum Gasteiger partial charge on any atom is 0.271 e. The smallest absolute Gasteiger partial charge is 0.271 e. The molecule has 0 aliphatic rings. The highest BCUT2D eigenvalue weighted by molar-refractivity contribution is 9.10. The Morgan fingerprint density at radius 2 is 2.37 bits per heavy atom. The summed E-state index contributed by atoms with van der Waals surface area (Å²) in [5.74, 6) is 0.905. The number of fused-ring (bicyclic) bond motifs is 1. The van der Waals surface area contributed by atoms with Crippen molar-refractivity contribution in [3.05, 3.63) is 52.9 Å². The van der Waals surface area contributed by atoms with Crippen molar-refractivity contribution in [1.82, 2.24) is 19.7 Å². The number of hydrogen-bond donors (Lipinski definition) is 1. The van der Waals surface area contributed by atoms with Crippen LogP contribution in [0.4, 0.5) is 0 Å². The molecule has 0 spiro atoms. The molecule has 0 aliphatic carbocycles. The van der Waals surface area contributed by atoms with E-state index in [1.807, 2.05) is 0 Å². The number of hydrogen-bond acceptors (Lipinski definition) is 4. The lowest BCUT2D eigenvalue weighted by molar-refractivity contribution is 0.0943. The van der Waals surface area contributed by atoms with E-state index in [2.05, 4.69) is 31.2 Å². The van der Waals surface area contributed by atoms with E-state index in [4.69, 9.17) is 4.42 Å². The number of carbonyl (C=O) groups excluding carboxylic acids is 1. The Kier molecular flexibility index (Phi) is 3.04. The van der Waals surface area contributed by atoms with Crippen molar-refractivity contribution in [2.24, 2.45) is 0 Å². The van der Waals surface area contributed by atoms with Gasteiger partial charge in [-0.2, -0.15) is 0 Å². The molecular formula is C12H9BrN4O2. The average Bonchev–Trinajstić information content (AvgIpc) is 3.04. The molecule has 0 aliphatic heterocycles. The van der Waals surface area contributed by atoms with E-state index in [0.717, 1.165) is 4.47 Å². The summed E-state index contributed by atoms with van der Waals surface area (Å²) in [6, 6.07) is 3.57. The summed E-state index contributed by atoms with van der Waals surface area (Å²) in [5, 5.41) is 2.73. The van der Waals surface area contributed by atoms with Crippen LogP contribution in [0.2, 0.25) is 0 Å². The van der Waals surface area contributed by atoms with Gasteiger partial charge < -0.3 is 9.73 Å². The second-order valence-electron chi connectivity index (χ2n) is 3.87. The number of nitrogens with one attached hydrogen (secondary N) is 1. The monoisotopic (exact) mass is 320 g/mol. The number of halogens is 1. The number of aromatic nitrogens is 3. The first-order chi connectivity index (χ1) is 9.22. The molecule has 0 radical (unpaired) electrons. The van der Waals surface area contributed by atoms with Crippen LogP contribution in [0.5, 0.6) is 0 Å². The minimum absolute atomic E-state index is 0.266. The van der Waals surface area contributed by atoms with Gasteiger partial charge in [0.25, 0.3) is 5.91 Å². The van der Waals surface area contributed by atoms with Crippen LogP contribution in [-0.4, -0.2) is 20.3 Å². The van der Waals surface area contributed by atoms with Gasteiger partial charge in [-0.15, -0.1) is 0 Å². The third-order valence-electron chi connectivity index (χ3n) is 2.51. The molecule has 0 saturated heterocycles. The van der Waals surface area contributed by atoms with Crippen LogP contribution < -0.4 is 5.32 Å². The highest BCUT2D eigenvalue weighted by Gasteiger charge is 2.11. The number of imidazole rings is 1. The Labute approximate surface area is 116 Å². The number of furan rings is 1. The van der Waals surface area contributed by atoms with Crippen molar-refractivity contribution >= 4 is 27.6 Å². The highest BCUT2D eigenvalue weighted by atomic mass is 79.9. The Morgan fingerprint density at radius 3 is 3.16 bits per heavy atom. The van der Waals surface area contributed by atoms with Crippen molar-refractivity contribution in [1.29, 1.82) is 0 Å². The van der Waals surface area contributed by atoms with Crippen LogP contribution in [-0.2, 0) is 6.54 Å². The predicted molar refractivity (Wildman–Crippen MR) is 70.6 cm³/mol. The van der Waals surface area contributed by atoms with Gasteiger partial charge in [0.15, 0.2) is 0 Å². The maximum absolute atomic E-state index is 11.9. The maximum atomic E-state index is 11.9. The second kappa shape index (κ2) is 4.85. The molecule has 0 atom stereocenters. The lowest BCUT2D eigenvalue weighted by Gasteiger charge is -1.99. The van der Waals surface area contributed by atoms with E-state index >= 15 is 0 Å². The van der Waals surface area contributed by atoms with Gasteiger partial charge in [0, 0.05) is 18.6 Å². The van der Waals surface area contributed by atoms with E-state index in [0.29, 0.717) is 23.8 Å². The molecule has 19 heavy (non-hydrogen) atoms. The zero-order valence-electron chi connectivity index (χ0n) is 9.71. The Bertz CT molecular complexity index is 720. The summed E-state index contributed by atoms with van der Waals surface area (Å²) >= 11 is 3.31. The van der Waals surface area contributed by atoms with Crippen LogP contribution >= 0.6 is 15.9 Å². The molecule has 0 unspecified atom stereocenters. The van der Waals surface area contributed by atoms with E-state index < -0.39 is 0 Å². The van der Waals surface area contributed by atoms with E-state index in [1.54, 1.807) is 41.4 Å². The molecule has 3 rings (SSSR count). The summed E-state index contributed by atoms with van der Waals surface area (Å²) in [6.45, 7) is 0.330. The first-order valence-corrected chi connectivity index (χ1v) is 6.32. The molecule has 3 heterocycles. The molecule has 0 bridgehead atoms. The molecule has 1 amide bonds. The van der Waals surface area contributed by atoms with Gasteiger partial charge in [-0.05, 0) is 28.1 Å². The molecule has 7 heteroatoms. The van der Waals surface area contributed by atoms with Crippen molar-refractivity contribution in [3.8, 4) is 0 Å². The van der Waals surface area contributed by atoms with Crippen molar-refractivity contribution in [2.45, 2.75) is 6.54 Å². The first-order valence-electron chi connectivity index (χ1n) is 5.53. The number of amides is 1.